The van der Waals surface area contributed by atoms with Gasteiger partial charge >= 0.3 is 6.03 Å². The summed E-state index contributed by atoms with van der Waals surface area (Å²) < 4.78 is 5.70. The van der Waals surface area contributed by atoms with Crippen LogP contribution in [0, 0.1) is 0 Å². The molecule has 5 aromatic rings. The molecular weight excluding hydrogens is 1510 g/mol. The number of aromatic nitrogens is 1. The van der Waals surface area contributed by atoms with E-state index in [9.17, 15) is 67.4 Å². The second kappa shape index (κ2) is 45.1. The fourth-order valence-electron chi connectivity index (χ4n) is 11.9. The lowest BCUT2D eigenvalue weighted by molar-refractivity contribution is -0.137. The highest BCUT2D eigenvalue weighted by Crippen LogP contribution is 2.22. The molecule has 616 valence electrons. The Labute approximate surface area is 657 Å². The first-order valence-corrected chi connectivity index (χ1v) is 37.5. The Kier molecular flexibility index (Phi) is 35.8. The number of ether oxygens (including phenoxy) is 1. The summed E-state index contributed by atoms with van der Waals surface area (Å²) in [6, 6.07) is 5.58. The zero-order chi connectivity index (χ0) is 83.7. The number of primary amides is 5. The summed E-state index contributed by atoms with van der Waals surface area (Å²) in [7, 11) is 0. The van der Waals surface area contributed by atoms with E-state index in [1.807, 2.05) is 6.07 Å². The number of carbonyl (C=O) groups excluding carboxylic acids is 17. The van der Waals surface area contributed by atoms with Crippen molar-refractivity contribution in [2.45, 2.75) is 157 Å². The first-order chi connectivity index (χ1) is 54.2. The predicted molar refractivity (Wildman–Crippen MR) is 414 cm³/mol. The van der Waals surface area contributed by atoms with E-state index in [-0.39, 0.29) is 57.6 Å². The van der Waals surface area contributed by atoms with Crippen LogP contribution in [-0.4, -0.2) is 227 Å². The number of aromatic amines is 1. The molecule has 0 unspecified atom stereocenters. The van der Waals surface area contributed by atoms with E-state index in [0.29, 0.717) is 38.7 Å². The number of para-hydroxylation sites is 1. The van der Waals surface area contributed by atoms with Gasteiger partial charge in [-0.3, -0.25) is 76.7 Å². The van der Waals surface area contributed by atoms with Crippen molar-refractivity contribution in [1.82, 2.24) is 74.1 Å². The van der Waals surface area contributed by atoms with Crippen LogP contribution < -0.4 is 114 Å². The van der Waals surface area contributed by atoms with E-state index in [0.717, 1.165) is 31.0 Å². The van der Waals surface area contributed by atoms with Gasteiger partial charge in [-0.05, 0) is 90.4 Å². The lowest BCUT2D eigenvalue weighted by Crippen LogP contribution is -2.62. The van der Waals surface area contributed by atoms with Crippen LogP contribution in [0.4, 0.5) is 4.79 Å². The molecule has 2 heterocycles. The SMILES string of the molecule is CC(=O)N[C@H]1CCSC[C@@H](C(=O)N[C@@H](Cc2ccc(OCCN)cc2)C(=O)N[C@@H](Cc2ccc3ccccc3c2)C(=O)N[C@@H](CCCNC(N)=O)C(=O)N[C@@H](CN)C(=O)N[C@@H](CC(N)=O)C(=O)NCC(N)=O)NC(=O)[C@H](CCC(N)=O)NC(=O)[C@H](Cc2c[nH]c3ccccc23)NC(=O)[C@H]([C@@H](C)O)NC(=O)[C@H](CCC(N)=O)NC1=O. The van der Waals surface area contributed by atoms with Crippen LogP contribution in [0.3, 0.4) is 0 Å². The summed E-state index contributed by atoms with van der Waals surface area (Å²) in [6.45, 7) is 0.959. The van der Waals surface area contributed by atoms with Crippen LogP contribution in [0.2, 0.25) is 0 Å². The van der Waals surface area contributed by atoms with Gasteiger partial charge in [-0.15, -0.1) is 0 Å². The molecule has 1 aliphatic rings. The van der Waals surface area contributed by atoms with Crippen LogP contribution in [0.5, 0.6) is 5.75 Å². The van der Waals surface area contributed by atoms with Gasteiger partial charge in [0.15, 0.2) is 0 Å². The van der Waals surface area contributed by atoms with Crippen LogP contribution in [0.25, 0.3) is 21.7 Å². The van der Waals surface area contributed by atoms with Crippen molar-refractivity contribution < 1.29 is 91.4 Å². The lowest BCUT2D eigenvalue weighted by atomic mass is 9.99. The minimum atomic E-state index is -1.89. The Balaban J connectivity index is 1.44. The summed E-state index contributed by atoms with van der Waals surface area (Å²) in [5, 5.41) is 45.4. The number of nitrogens with one attached hydrogen (secondary N) is 14. The van der Waals surface area contributed by atoms with E-state index < -0.39 is 230 Å². The zero-order valence-corrected chi connectivity index (χ0v) is 63.5. The summed E-state index contributed by atoms with van der Waals surface area (Å²) in [5.74, 6) is -16.9. The third kappa shape index (κ3) is 29.6. The zero-order valence-electron chi connectivity index (χ0n) is 62.6. The summed E-state index contributed by atoms with van der Waals surface area (Å²) in [5.41, 5.74) is 40.5. The molecule has 1 fully saturated rings. The van der Waals surface area contributed by atoms with E-state index in [2.05, 4.69) is 74.1 Å². The maximum absolute atomic E-state index is 15.6. The third-order valence-corrected chi connectivity index (χ3v) is 18.9. The molecular formula is C73H99N21O19S. The summed E-state index contributed by atoms with van der Waals surface area (Å²) in [4.78, 5) is 237. The smallest absolute Gasteiger partial charge is 0.312 e. The molecule has 6 rings (SSSR count). The molecule has 18 amide bonds. The Hall–Kier alpha value is -12.5. The standard InChI is InChI=1S/C73H99N21O19S/c1-37(95)61-72(111)91-53(31-43-34-82-46-11-6-5-10-45(43)46)69(108)87-48(19-21-57(76)97)64(103)93-56(36-114-27-23-50(84-38(2)96)65(104)86-49(66(105)94-61)20-22-58(77)98)71(110)89-51(29-39-14-17-44(18-15-39)113-26-24-74)68(107)88-52(30-40-13-16-41-8-3-4-9-42(41)28-40)67(106)85-47(12-7-25-81-73(80)112)63(102)92-55(33-75)70(109)90-54(32-59(78)99)62(101)83-35-60(79)100/h3-6,8-11,13-18,28,34,37,47-56,61,82,95H,7,12,19-27,29-33,35-36,74-75H2,1-2H3,(H2,76,97)(H2,77,98)(H2,78,99)(H2,79,100)(H,83,101)(H,84,96)(H,85,106)(H,86,104)(H,87,108)(H,88,107)(H,89,110)(H,90,109)(H,91,111)(H,92,102)(H,93,103)(H,94,105)(H3,80,81,112)/t37-,47+,48+,49+,50+,51+,52+,53+,54+,55+,56+,61+/m1/s1. The Morgan fingerprint density at radius 1 is 0.579 bits per heavy atom. The highest BCUT2D eigenvalue weighted by molar-refractivity contribution is 7.99. The number of thioether (sulfide) groups is 1. The third-order valence-electron chi connectivity index (χ3n) is 17.8. The highest BCUT2D eigenvalue weighted by Gasteiger charge is 2.39. The van der Waals surface area contributed by atoms with Crippen LogP contribution in [0.1, 0.15) is 81.9 Å². The number of benzene rings is 4. The molecule has 29 N–H and O–H groups in total. The van der Waals surface area contributed by atoms with Gasteiger partial charge in [-0.25, -0.2) is 4.79 Å². The minimum Gasteiger partial charge on any atom is -0.492 e. The van der Waals surface area contributed by atoms with Gasteiger partial charge in [0.25, 0.3) is 0 Å². The largest absolute Gasteiger partial charge is 0.492 e. The molecule has 1 saturated heterocycles. The van der Waals surface area contributed by atoms with Crippen molar-refractivity contribution >= 4 is 134 Å². The van der Waals surface area contributed by atoms with Gasteiger partial charge in [0.1, 0.15) is 78.8 Å². The number of aliphatic hydroxyl groups excluding tert-OH is 1. The van der Waals surface area contributed by atoms with E-state index in [1.165, 1.54) is 0 Å². The molecule has 1 aliphatic heterocycles. The number of aliphatic hydroxyl groups is 1. The first kappa shape index (κ1) is 90.4. The number of nitrogens with two attached hydrogens (primary N) is 7. The molecule has 0 spiro atoms. The molecule has 0 aliphatic carbocycles. The van der Waals surface area contributed by atoms with Gasteiger partial charge in [0.05, 0.1) is 19.1 Å². The number of hydrogen-bond acceptors (Lipinski definition) is 22. The monoisotopic (exact) mass is 1610 g/mol. The number of rotatable bonds is 37. The number of H-pyrrole nitrogens is 1. The second-order valence-electron chi connectivity index (χ2n) is 26.9. The maximum Gasteiger partial charge on any atom is 0.312 e. The summed E-state index contributed by atoms with van der Waals surface area (Å²) >= 11 is 0.912. The lowest BCUT2D eigenvalue weighted by Gasteiger charge is -2.29. The number of hydrogen-bond donors (Lipinski definition) is 22. The van der Waals surface area contributed by atoms with E-state index >= 15 is 19.2 Å². The van der Waals surface area contributed by atoms with E-state index in [1.54, 1.807) is 91.1 Å². The van der Waals surface area contributed by atoms with Gasteiger partial charge in [0, 0.05) is 81.5 Å². The quantitative estimate of drug-likeness (QED) is 0.0164. The first-order valence-electron chi connectivity index (χ1n) is 36.4. The molecule has 0 bridgehead atoms. The Morgan fingerprint density at radius 3 is 1.76 bits per heavy atom. The molecule has 0 saturated carbocycles. The van der Waals surface area contributed by atoms with Crippen molar-refractivity contribution in [3.05, 3.63) is 114 Å². The normalized spacial score (nSPS) is 18.7. The average Bonchev–Trinajstić information content (AvgIpc) is 1.46. The van der Waals surface area contributed by atoms with Crippen molar-refractivity contribution in [3.8, 4) is 5.75 Å². The van der Waals surface area contributed by atoms with E-state index in [4.69, 9.17) is 44.9 Å². The maximum atomic E-state index is 15.6. The fraction of sp³-hybridized carbons (Fsp3) is 0.438. The molecule has 40 nitrogen and oxygen atoms in total. The van der Waals surface area contributed by atoms with Crippen molar-refractivity contribution in [1.29, 1.82) is 0 Å². The number of carbonyl (C=O) groups is 17. The molecule has 1 aromatic heterocycles. The molecule has 41 heteroatoms. The van der Waals surface area contributed by atoms with Crippen molar-refractivity contribution in [3.63, 3.8) is 0 Å². The Bertz CT molecular complexity index is 4300. The van der Waals surface area contributed by atoms with Gasteiger partial charge < -0.3 is 124 Å². The van der Waals surface area contributed by atoms with Crippen LogP contribution in [-0.2, 0) is 96.0 Å². The van der Waals surface area contributed by atoms with Crippen molar-refractivity contribution in [2.24, 2.45) is 40.1 Å². The molecule has 12 atom stereocenters. The van der Waals surface area contributed by atoms with Gasteiger partial charge in [-0.1, -0.05) is 72.8 Å². The fourth-order valence-corrected chi connectivity index (χ4v) is 13.0. The Morgan fingerprint density at radius 2 is 1.14 bits per heavy atom. The molecule has 114 heavy (non-hydrogen) atoms. The van der Waals surface area contributed by atoms with Crippen molar-refractivity contribution in [2.75, 3.05) is 44.3 Å². The number of fused-ring (bicyclic) bond motifs is 2. The molecule has 4 aromatic carbocycles. The topological polar surface area (TPSA) is 674 Å². The second-order valence-corrected chi connectivity index (χ2v) is 28.0. The van der Waals surface area contributed by atoms with Crippen LogP contribution in [0.15, 0.2) is 97.2 Å². The van der Waals surface area contributed by atoms with Crippen LogP contribution >= 0.6 is 11.8 Å². The number of amides is 18. The number of urea groups is 1. The summed E-state index contributed by atoms with van der Waals surface area (Å²) in [6.07, 6.45) is -4.80. The predicted octanol–water partition coefficient (Wildman–Crippen LogP) is -7.03. The molecule has 0 radical (unpaired) electrons. The van der Waals surface area contributed by atoms with Gasteiger partial charge in [-0.2, -0.15) is 11.8 Å². The minimum absolute atomic E-state index is 0.0806. The average molecular weight is 1610 g/mol. The van der Waals surface area contributed by atoms with Gasteiger partial charge in [0.2, 0.25) is 94.5 Å². The highest BCUT2D eigenvalue weighted by atomic mass is 32.2.